The SMILES string of the molecule is CC(C)(CCO)CNC(=O)C(C#N)Cc1ccccc1. The van der Waals surface area contributed by atoms with Crippen LogP contribution < -0.4 is 5.32 Å². The Morgan fingerprint density at radius 3 is 2.60 bits per heavy atom. The molecule has 0 bridgehead atoms. The fourth-order valence-electron chi connectivity index (χ4n) is 1.89. The summed E-state index contributed by atoms with van der Waals surface area (Å²) in [6.07, 6.45) is 1.03. The molecule has 0 aliphatic heterocycles. The molecule has 20 heavy (non-hydrogen) atoms. The second kappa shape index (κ2) is 7.66. The summed E-state index contributed by atoms with van der Waals surface area (Å²) in [5.41, 5.74) is 0.806. The Morgan fingerprint density at radius 2 is 2.05 bits per heavy atom. The van der Waals surface area contributed by atoms with E-state index in [-0.39, 0.29) is 17.9 Å². The molecule has 1 amide bonds. The molecule has 0 aromatic heterocycles. The van der Waals surface area contributed by atoms with E-state index in [1.807, 2.05) is 44.2 Å². The summed E-state index contributed by atoms with van der Waals surface area (Å²) >= 11 is 0. The maximum absolute atomic E-state index is 12.0. The van der Waals surface area contributed by atoms with Gasteiger partial charge >= 0.3 is 0 Å². The van der Waals surface area contributed by atoms with Gasteiger partial charge in [0.15, 0.2) is 0 Å². The van der Waals surface area contributed by atoms with Crippen LogP contribution in [0.4, 0.5) is 0 Å². The van der Waals surface area contributed by atoms with Crippen molar-refractivity contribution in [3.8, 4) is 6.07 Å². The lowest BCUT2D eigenvalue weighted by Crippen LogP contribution is -2.38. The number of amides is 1. The van der Waals surface area contributed by atoms with E-state index in [0.29, 0.717) is 19.4 Å². The van der Waals surface area contributed by atoms with E-state index in [4.69, 9.17) is 10.4 Å². The molecule has 0 heterocycles. The fraction of sp³-hybridized carbons (Fsp3) is 0.500. The van der Waals surface area contributed by atoms with Gasteiger partial charge < -0.3 is 10.4 Å². The third kappa shape index (κ3) is 5.41. The van der Waals surface area contributed by atoms with Crippen LogP contribution in [0.5, 0.6) is 0 Å². The Hall–Kier alpha value is -1.86. The number of hydrogen-bond donors (Lipinski definition) is 2. The van der Waals surface area contributed by atoms with Gasteiger partial charge in [-0.05, 0) is 23.8 Å². The van der Waals surface area contributed by atoms with Gasteiger partial charge in [0.05, 0.1) is 6.07 Å². The molecule has 4 heteroatoms. The van der Waals surface area contributed by atoms with Crippen LogP contribution in [0.1, 0.15) is 25.8 Å². The van der Waals surface area contributed by atoms with E-state index in [2.05, 4.69) is 11.4 Å². The second-order valence-corrected chi connectivity index (χ2v) is 5.73. The molecule has 1 aromatic rings. The van der Waals surface area contributed by atoms with Crippen molar-refractivity contribution in [1.29, 1.82) is 5.26 Å². The molecule has 2 N–H and O–H groups in total. The lowest BCUT2D eigenvalue weighted by molar-refractivity contribution is -0.123. The number of nitriles is 1. The molecule has 4 nitrogen and oxygen atoms in total. The van der Waals surface area contributed by atoms with Crippen LogP contribution in [0.25, 0.3) is 0 Å². The first kappa shape index (κ1) is 16.2. The highest BCUT2D eigenvalue weighted by molar-refractivity contribution is 5.81. The minimum absolute atomic E-state index is 0.0918. The second-order valence-electron chi connectivity index (χ2n) is 5.73. The first-order chi connectivity index (χ1) is 9.48. The van der Waals surface area contributed by atoms with Gasteiger partial charge in [-0.15, -0.1) is 0 Å². The van der Waals surface area contributed by atoms with Gasteiger partial charge in [0.1, 0.15) is 5.92 Å². The number of aliphatic hydroxyl groups is 1. The zero-order valence-corrected chi connectivity index (χ0v) is 12.1. The minimum atomic E-state index is -0.678. The highest BCUT2D eigenvalue weighted by Crippen LogP contribution is 2.18. The molecule has 0 saturated heterocycles. The number of nitrogens with one attached hydrogen (secondary N) is 1. The maximum Gasteiger partial charge on any atom is 0.237 e. The third-order valence-electron chi connectivity index (χ3n) is 3.28. The average Bonchev–Trinajstić information content (AvgIpc) is 2.43. The summed E-state index contributed by atoms with van der Waals surface area (Å²) in [6, 6.07) is 11.6. The summed E-state index contributed by atoms with van der Waals surface area (Å²) in [5.74, 6) is -0.926. The van der Waals surface area contributed by atoms with E-state index in [1.165, 1.54) is 0 Å². The Kier molecular flexibility index (Phi) is 6.20. The van der Waals surface area contributed by atoms with Crippen molar-refractivity contribution in [3.05, 3.63) is 35.9 Å². The molecule has 1 rings (SSSR count). The number of carbonyl (C=O) groups excluding carboxylic acids is 1. The van der Waals surface area contributed by atoms with Crippen molar-refractivity contribution in [2.24, 2.45) is 11.3 Å². The van der Waals surface area contributed by atoms with E-state index in [1.54, 1.807) is 0 Å². The van der Waals surface area contributed by atoms with Crippen molar-refractivity contribution < 1.29 is 9.90 Å². The van der Waals surface area contributed by atoms with E-state index >= 15 is 0 Å². The van der Waals surface area contributed by atoms with Crippen LogP contribution in [-0.4, -0.2) is 24.2 Å². The van der Waals surface area contributed by atoms with Crippen molar-refractivity contribution >= 4 is 5.91 Å². The molecule has 1 unspecified atom stereocenters. The summed E-state index contributed by atoms with van der Waals surface area (Å²) in [5, 5.41) is 20.9. The van der Waals surface area contributed by atoms with Gasteiger partial charge in [-0.3, -0.25) is 4.79 Å². The number of rotatable bonds is 7. The molecule has 0 radical (unpaired) electrons. The van der Waals surface area contributed by atoms with Gasteiger partial charge in [-0.25, -0.2) is 0 Å². The van der Waals surface area contributed by atoms with Gasteiger partial charge in [0.2, 0.25) is 5.91 Å². The number of aliphatic hydroxyl groups excluding tert-OH is 1. The van der Waals surface area contributed by atoms with Crippen molar-refractivity contribution in [3.63, 3.8) is 0 Å². The molecule has 0 spiro atoms. The molecular formula is C16H22N2O2. The van der Waals surface area contributed by atoms with Crippen LogP contribution in [-0.2, 0) is 11.2 Å². The third-order valence-corrected chi connectivity index (χ3v) is 3.28. The molecule has 0 aliphatic rings. The van der Waals surface area contributed by atoms with E-state index < -0.39 is 5.92 Å². The largest absolute Gasteiger partial charge is 0.396 e. The van der Waals surface area contributed by atoms with Crippen LogP contribution in [0.3, 0.4) is 0 Å². The molecule has 0 fully saturated rings. The van der Waals surface area contributed by atoms with Crippen molar-refractivity contribution in [2.45, 2.75) is 26.7 Å². The van der Waals surface area contributed by atoms with E-state index in [0.717, 1.165) is 5.56 Å². The Morgan fingerprint density at radius 1 is 1.40 bits per heavy atom. The molecule has 108 valence electrons. The fourth-order valence-corrected chi connectivity index (χ4v) is 1.89. The quantitative estimate of drug-likeness (QED) is 0.797. The average molecular weight is 274 g/mol. The summed E-state index contributed by atoms with van der Waals surface area (Å²) in [6.45, 7) is 4.50. The van der Waals surface area contributed by atoms with Crippen LogP contribution in [0.2, 0.25) is 0 Å². The summed E-state index contributed by atoms with van der Waals surface area (Å²) in [4.78, 5) is 12.0. The Bertz CT molecular complexity index is 463. The first-order valence-electron chi connectivity index (χ1n) is 6.80. The van der Waals surface area contributed by atoms with Crippen LogP contribution >= 0.6 is 0 Å². The number of hydrogen-bond acceptors (Lipinski definition) is 3. The number of nitrogens with zero attached hydrogens (tertiary/aromatic N) is 1. The molecule has 1 atom stereocenters. The molecular weight excluding hydrogens is 252 g/mol. The smallest absolute Gasteiger partial charge is 0.237 e. The number of carbonyl (C=O) groups is 1. The summed E-state index contributed by atoms with van der Waals surface area (Å²) in [7, 11) is 0. The van der Waals surface area contributed by atoms with Gasteiger partial charge in [0, 0.05) is 13.2 Å². The Balaban J connectivity index is 2.54. The maximum atomic E-state index is 12.0. The van der Waals surface area contributed by atoms with Crippen molar-refractivity contribution in [2.75, 3.05) is 13.2 Å². The standard InChI is InChI=1S/C16H22N2O2/c1-16(2,8-9-19)12-18-15(20)14(11-17)10-13-6-4-3-5-7-13/h3-7,14,19H,8-10,12H2,1-2H3,(H,18,20). The number of benzene rings is 1. The normalized spacial score (nSPS) is 12.5. The molecule has 0 saturated carbocycles. The minimum Gasteiger partial charge on any atom is -0.396 e. The van der Waals surface area contributed by atoms with Crippen molar-refractivity contribution in [1.82, 2.24) is 5.32 Å². The lowest BCUT2D eigenvalue weighted by atomic mass is 9.89. The topological polar surface area (TPSA) is 73.1 Å². The zero-order chi connectivity index (χ0) is 15.0. The van der Waals surface area contributed by atoms with Gasteiger partial charge in [0.25, 0.3) is 0 Å². The highest BCUT2D eigenvalue weighted by Gasteiger charge is 2.22. The zero-order valence-electron chi connectivity index (χ0n) is 12.1. The van der Waals surface area contributed by atoms with Gasteiger partial charge in [-0.2, -0.15) is 5.26 Å². The monoisotopic (exact) mass is 274 g/mol. The highest BCUT2D eigenvalue weighted by atomic mass is 16.3. The van der Waals surface area contributed by atoms with Gasteiger partial charge in [-0.1, -0.05) is 44.2 Å². The predicted molar refractivity (Wildman–Crippen MR) is 77.7 cm³/mol. The summed E-state index contributed by atoms with van der Waals surface area (Å²) < 4.78 is 0. The first-order valence-corrected chi connectivity index (χ1v) is 6.80. The van der Waals surface area contributed by atoms with Crippen LogP contribution in [0.15, 0.2) is 30.3 Å². The predicted octanol–water partition coefficient (Wildman–Crippen LogP) is 1.89. The molecule has 1 aromatic carbocycles. The molecule has 0 aliphatic carbocycles. The van der Waals surface area contributed by atoms with E-state index in [9.17, 15) is 4.79 Å². The van der Waals surface area contributed by atoms with Crippen LogP contribution in [0, 0.1) is 22.7 Å². The Labute approximate surface area is 120 Å². The lowest BCUT2D eigenvalue weighted by Gasteiger charge is -2.24.